The van der Waals surface area contributed by atoms with Crippen molar-refractivity contribution in [3.63, 3.8) is 0 Å². The van der Waals surface area contributed by atoms with Gasteiger partial charge in [0.15, 0.2) is 0 Å². The molecule has 0 aromatic heterocycles. The first-order valence-corrected chi connectivity index (χ1v) is 8.16. The predicted octanol–water partition coefficient (Wildman–Crippen LogP) is 4.25. The predicted molar refractivity (Wildman–Crippen MR) is 99.2 cm³/mol. The molecule has 0 radical (unpaired) electrons. The Morgan fingerprint density at radius 3 is 2.32 bits per heavy atom. The summed E-state index contributed by atoms with van der Waals surface area (Å²) in [6, 6.07) is 15.6. The van der Waals surface area contributed by atoms with Crippen molar-refractivity contribution < 1.29 is 28.7 Å². The molecule has 28 heavy (non-hydrogen) atoms. The molecule has 3 aromatic rings. The molecule has 0 heterocycles. The standard InChI is InChI=1S/C20H15NO7/c1-26-19(22)16-5-4-14-10-13(2-3-15(14)11-16)12-27-20(23)28-18-8-6-17(7-9-18)21(24)25/h2-11H,12H2,1H3. The molecule has 0 amide bonds. The van der Waals surface area contributed by atoms with Gasteiger partial charge in [-0.3, -0.25) is 10.1 Å². The smallest absolute Gasteiger partial charge is 0.465 e. The fraction of sp³-hybridized carbons (Fsp3) is 0.100. The van der Waals surface area contributed by atoms with E-state index < -0.39 is 17.0 Å². The number of nitrogens with zero attached hydrogens (tertiary/aromatic N) is 1. The van der Waals surface area contributed by atoms with Crippen LogP contribution in [-0.4, -0.2) is 24.2 Å². The number of hydrogen-bond acceptors (Lipinski definition) is 7. The summed E-state index contributed by atoms with van der Waals surface area (Å²) >= 11 is 0. The van der Waals surface area contributed by atoms with Crippen LogP contribution in [0.15, 0.2) is 60.7 Å². The third kappa shape index (κ3) is 4.42. The van der Waals surface area contributed by atoms with Crippen LogP contribution in [0, 0.1) is 10.1 Å². The van der Waals surface area contributed by atoms with Gasteiger partial charge in [0.1, 0.15) is 12.4 Å². The molecule has 0 aliphatic rings. The van der Waals surface area contributed by atoms with Gasteiger partial charge in [0, 0.05) is 12.1 Å². The first-order valence-electron chi connectivity index (χ1n) is 8.16. The van der Waals surface area contributed by atoms with Crippen LogP contribution in [0.4, 0.5) is 10.5 Å². The lowest BCUT2D eigenvalue weighted by molar-refractivity contribution is -0.384. The number of nitro groups is 1. The van der Waals surface area contributed by atoms with E-state index in [4.69, 9.17) is 14.2 Å². The van der Waals surface area contributed by atoms with Crippen molar-refractivity contribution in [1.29, 1.82) is 0 Å². The Hall–Kier alpha value is -3.94. The van der Waals surface area contributed by atoms with Gasteiger partial charge in [-0.2, -0.15) is 0 Å². The van der Waals surface area contributed by atoms with Crippen molar-refractivity contribution in [2.45, 2.75) is 6.61 Å². The molecule has 3 aromatic carbocycles. The second-order valence-corrected chi connectivity index (χ2v) is 5.78. The number of non-ortho nitro benzene ring substituents is 1. The molecular formula is C20H15NO7. The van der Waals surface area contributed by atoms with E-state index in [1.54, 1.807) is 24.3 Å². The van der Waals surface area contributed by atoms with E-state index in [0.717, 1.165) is 16.3 Å². The first-order chi connectivity index (χ1) is 13.5. The lowest BCUT2D eigenvalue weighted by atomic mass is 10.0. The van der Waals surface area contributed by atoms with Crippen molar-refractivity contribution in [2.24, 2.45) is 0 Å². The Balaban J connectivity index is 1.61. The van der Waals surface area contributed by atoms with E-state index in [0.29, 0.717) is 5.56 Å². The maximum absolute atomic E-state index is 11.8. The highest BCUT2D eigenvalue weighted by Gasteiger charge is 2.10. The number of benzene rings is 3. The summed E-state index contributed by atoms with van der Waals surface area (Å²) in [4.78, 5) is 33.4. The highest BCUT2D eigenvalue weighted by Crippen LogP contribution is 2.20. The molecule has 0 spiro atoms. The number of fused-ring (bicyclic) bond motifs is 1. The van der Waals surface area contributed by atoms with Crippen molar-refractivity contribution in [1.82, 2.24) is 0 Å². The van der Waals surface area contributed by atoms with Gasteiger partial charge >= 0.3 is 12.1 Å². The molecule has 8 nitrogen and oxygen atoms in total. The van der Waals surface area contributed by atoms with E-state index in [1.807, 2.05) is 12.1 Å². The number of methoxy groups -OCH3 is 1. The highest BCUT2D eigenvalue weighted by molar-refractivity contribution is 5.95. The van der Waals surface area contributed by atoms with Gasteiger partial charge in [0.2, 0.25) is 0 Å². The van der Waals surface area contributed by atoms with Crippen LogP contribution in [-0.2, 0) is 16.1 Å². The zero-order chi connectivity index (χ0) is 20.1. The van der Waals surface area contributed by atoms with Gasteiger partial charge in [-0.15, -0.1) is 0 Å². The van der Waals surface area contributed by atoms with E-state index >= 15 is 0 Å². The molecule has 0 aliphatic carbocycles. The quantitative estimate of drug-likeness (QED) is 0.281. The zero-order valence-electron chi connectivity index (χ0n) is 14.8. The van der Waals surface area contributed by atoms with Crippen LogP contribution < -0.4 is 4.74 Å². The average molecular weight is 381 g/mol. The Labute approximate surface area is 159 Å². The molecule has 0 atom stereocenters. The van der Waals surface area contributed by atoms with Crippen LogP contribution in [0.25, 0.3) is 10.8 Å². The van der Waals surface area contributed by atoms with Crippen molar-refractivity contribution in [2.75, 3.05) is 7.11 Å². The Morgan fingerprint density at radius 2 is 1.64 bits per heavy atom. The van der Waals surface area contributed by atoms with Gasteiger partial charge in [-0.25, -0.2) is 9.59 Å². The number of ether oxygens (including phenoxy) is 3. The van der Waals surface area contributed by atoms with Gasteiger partial charge in [-0.05, 0) is 46.7 Å². The van der Waals surface area contributed by atoms with Crippen molar-refractivity contribution in [3.05, 3.63) is 81.9 Å². The Morgan fingerprint density at radius 1 is 0.964 bits per heavy atom. The van der Waals surface area contributed by atoms with Gasteiger partial charge in [0.25, 0.3) is 5.69 Å². The number of carbonyl (C=O) groups excluding carboxylic acids is 2. The lowest BCUT2D eigenvalue weighted by Crippen LogP contribution is -2.10. The molecule has 8 heteroatoms. The summed E-state index contributed by atoms with van der Waals surface area (Å²) in [5.74, 6) is -0.271. The molecule has 0 unspecified atom stereocenters. The monoisotopic (exact) mass is 381 g/mol. The van der Waals surface area contributed by atoms with Crippen LogP contribution >= 0.6 is 0 Å². The fourth-order valence-electron chi connectivity index (χ4n) is 2.53. The van der Waals surface area contributed by atoms with Crippen LogP contribution in [0.2, 0.25) is 0 Å². The molecule has 0 N–H and O–H groups in total. The highest BCUT2D eigenvalue weighted by atomic mass is 16.7. The molecule has 0 aliphatic heterocycles. The SMILES string of the molecule is COC(=O)c1ccc2cc(COC(=O)Oc3ccc([N+](=O)[O-])cc3)ccc2c1. The minimum Gasteiger partial charge on any atom is -0.465 e. The number of esters is 1. The maximum Gasteiger partial charge on any atom is 0.514 e. The second-order valence-electron chi connectivity index (χ2n) is 5.78. The summed E-state index contributed by atoms with van der Waals surface area (Å²) in [5.41, 5.74) is 1.08. The van der Waals surface area contributed by atoms with E-state index in [-0.39, 0.29) is 18.0 Å². The summed E-state index contributed by atoms with van der Waals surface area (Å²) < 4.78 is 14.7. The summed E-state index contributed by atoms with van der Waals surface area (Å²) in [7, 11) is 1.32. The lowest BCUT2D eigenvalue weighted by Gasteiger charge is -2.07. The largest absolute Gasteiger partial charge is 0.514 e. The number of carbonyl (C=O) groups is 2. The third-order valence-corrected chi connectivity index (χ3v) is 3.93. The first kappa shape index (κ1) is 18.8. The van der Waals surface area contributed by atoms with Gasteiger partial charge in [-0.1, -0.05) is 18.2 Å². The van der Waals surface area contributed by atoms with E-state index in [2.05, 4.69) is 0 Å². The number of hydrogen-bond donors (Lipinski definition) is 0. The second kappa shape index (κ2) is 8.17. The van der Waals surface area contributed by atoms with Gasteiger partial charge in [0.05, 0.1) is 17.6 Å². The number of rotatable bonds is 5. The summed E-state index contributed by atoms with van der Waals surface area (Å²) in [5, 5.41) is 12.3. The molecule has 0 bridgehead atoms. The van der Waals surface area contributed by atoms with Gasteiger partial charge < -0.3 is 14.2 Å². The minimum absolute atomic E-state index is 0.0134. The Kier molecular flexibility index (Phi) is 5.50. The molecule has 142 valence electrons. The maximum atomic E-state index is 11.8. The molecule has 0 fully saturated rings. The molecule has 0 saturated carbocycles. The summed E-state index contributed by atoms with van der Waals surface area (Å²) in [6.45, 7) is -0.0134. The van der Waals surface area contributed by atoms with Crippen LogP contribution in [0.1, 0.15) is 15.9 Å². The van der Waals surface area contributed by atoms with E-state index in [9.17, 15) is 19.7 Å². The van der Waals surface area contributed by atoms with E-state index in [1.165, 1.54) is 31.4 Å². The average Bonchev–Trinajstić information content (AvgIpc) is 2.71. The topological polar surface area (TPSA) is 105 Å². The van der Waals surface area contributed by atoms with Crippen molar-refractivity contribution >= 4 is 28.6 Å². The third-order valence-electron chi connectivity index (χ3n) is 3.93. The minimum atomic E-state index is -0.921. The van der Waals surface area contributed by atoms with Crippen LogP contribution in [0.5, 0.6) is 5.75 Å². The molecular weight excluding hydrogens is 366 g/mol. The fourth-order valence-corrected chi connectivity index (χ4v) is 2.53. The Bertz CT molecular complexity index is 1040. The zero-order valence-corrected chi connectivity index (χ0v) is 14.8. The van der Waals surface area contributed by atoms with Crippen LogP contribution in [0.3, 0.4) is 0 Å². The molecule has 0 saturated heterocycles. The van der Waals surface area contributed by atoms with Crippen molar-refractivity contribution in [3.8, 4) is 5.75 Å². The number of nitro benzene ring substituents is 1. The summed E-state index contributed by atoms with van der Waals surface area (Å²) in [6.07, 6.45) is -0.921. The molecule has 3 rings (SSSR count). The normalized spacial score (nSPS) is 10.3.